The van der Waals surface area contributed by atoms with Gasteiger partial charge in [-0.15, -0.1) is 0 Å². The minimum absolute atomic E-state index is 0.915. The molecule has 0 aliphatic rings. The highest BCUT2D eigenvalue weighted by molar-refractivity contribution is 5.66. The van der Waals surface area contributed by atoms with E-state index in [-0.39, 0.29) is 0 Å². The molecule has 1 heterocycles. The van der Waals surface area contributed by atoms with Crippen LogP contribution < -0.4 is 5.32 Å². The maximum Gasteiger partial charge on any atom is 0.0568 e. The average molecular weight is 257 g/mol. The number of hydrogen-bond donors (Lipinski definition) is 1. The Labute approximate surface area is 115 Å². The summed E-state index contributed by atoms with van der Waals surface area (Å²) in [7, 11) is 0. The van der Waals surface area contributed by atoms with Crippen molar-refractivity contribution >= 4 is 0 Å². The molecule has 0 fully saturated rings. The molecule has 0 unspecified atom stereocenters. The quantitative estimate of drug-likeness (QED) is 0.804. The first-order valence-corrected chi connectivity index (χ1v) is 7.07. The molecule has 0 bridgehead atoms. The molecule has 3 heteroatoms. The van der Waals surface area contributed by atoms with Gasteiger partial charge in [-0.3, -0.25) is 4.68 Å². The van der Waals surface area contributed by atoms with E-state index in [2.05, 4.69) is 55.6 Å². The van der Waals surface area contributed by atoms with E-state index >= 15 is 0 Å². The molecule has 1 aromatic heterocycles. The predicted molar refractivity (Wildman–Crippen MR) is 80.1 cm³/mol. The van der Waals surface area contributed by atoms with Crippen LogP contribution in [0.2, 0.25) is 0 Å². The molecule has 19 heavy (non-hydrogen) atoms. The monoisotopic (exact) mass is 257 g/mol. The normalized spacial score (nSPS) is 10.9. The molecule has 102 valence electrons. The Kier molecular flexibility index (Phi) is 4.74. The van der Waals surface area contributed by atoms with Crippen LogP contribution >= 0.6 is 0 Å². The maximum absolute atomic E-state index is 4.34. The van der Waals surface area contributed by atoms with Gasteiger partial charge in [0.25, 0.3) is 0 Å². The zero-order valence-electron chi connectivity index (χ0n) is 12.1. The van der Waals surface area contributed by atoms with Gasteiger partial charge < -0.3 is 5.32 Å². The van der Waals surface area contributed by atoms with Crippen LogP contribution in [0.3, 0.4) is 0 Å². The van der Waals surface area contributed by atoms with E-state index in [0.717, 1.165) is 19.6 Å². The highest BCUT2D eigenvalue weighted by atomic mass is 15.3. The first kappa shape index (κ1) is 13.8. The minimum Gasteiger partial charge on any atom is -0.313 e. The third-order valence-corrected chi connectivity index (χ3v) is 3.31. The van der Waals surface area contributed by atoms with E-state index in [1.54, 1.807) is 0 Å². The van der Waals surface area contributed by atoms with Gasteiger partial charge in [0.15, 0.2) is 0 Å². The molecule has 2 rings (SSSR count). The number of rotatable bonds is 6. The fraction of sp³-hybridized carbons (Fsp3) is 0.438. The van der Waals surface area contributed by atoms with Gasteiger partial charge >= 0.3 is 0 Å². The summed E-state index contributed by atoms with van der Waals surface area (Å²) in [5.41, 5.74) is 5.13. The van der Waals surface area contributed by atoms with Gasteiger partial charge in [0.1, 0.15) is 0 Å². The number of nitrogens with zero attached hydrogens (tertiary/aromatic N) is 2. The van der Waals surface area contributed by atoms with Crippen molar-refractivity contribution in [1.82, 2.24) is 15.1 Å². The summed E-state index contributed by atoms with van der Waals surface area (Å²) in [4.78, 5) is 0. The van der Waals surface area contributed by atoms with Gasteiger partial charge in [0, 0.05) is 24.8 Å². The zero-order valence-corrected chi connectivity index (χ0v) is 12.1. The van der Waals surface area contributed by atoms with Crippen molar-refractivity contribution in [2.75, 3.05) is 6.54 Å². The lowest BCUT2D eigenvalue weighted by Crippen LogP contribution is -2.13. The fourth-order valence-corrected chi connectivity index (χ4v) is 2.24. The Bertz CT molecular complexity index is 529. The van der Waals surface area contributed by atoms with Crippen molar-refractivity contribution < 1.29 is 0 Å². The van der Waals surface area contributed by atoms with Crippen molar-refractivity contribution in [3.8, 4) is 11.1 Å². The van der Waals surface area contributed by atoms with E-state index in [1.165, 1.54) is 28.7 Å². The van der Waals surface area contributed by atoms with Gasteiger partial charge in [-0.05, 0) is 43.5 Å². The Morgan fingerprint density at radius 1 is 1.26 bits per heavy atom. The van der Waals surface area contributed by atoms with Crippen molar-refractivity contribution in [1.29, 1.82) is 0 Å². The van der Waals surface area contributed by atoms with Gasteiger partial charge in [0.2, 0.25) is 0 Å². The van der Waals surface area contributed by atoms with E-state index in [9.17, 15) is 0 Å². The first-order valence-electron chi connectivity index (χ1n) is 7.07. The molecule has 0 aliphatic heterocycles. The smallest absolute Gasteiger partial charge is 0.0568 e. The first-order chi connectivity index (χ1) is 9.24. The number of aryl methyl sites for hydroxylation is 2. The number of benzene rings is 1. The molecule has 0 saturated heterocycles. The standard InChI is InChI=1S/C16H23N3/c1-4-8-17-10-14-6-7-16(13(3)9-14)15-11-18-19(5-2)12-15/h6-7,9,11-12,17H,4-5,8,10H2,1-3H3. The molecule has 0 aliphatic carbocycles. The van der Waals surface area contributed by atoms with Crippen LogP contribution in [0.25, 0.3) is 11.1 Å². The van der Waals surface area contributed by atoms with Crippen LogP contribution in [0.5, 0.6) is 0 Å². The van der Waals surface area contributed by atoms with Gasteiger partial charge in [-0.2, -0.15) is 5.10 Å². The fourth-order valence-electron chi connectivity index (χ4n) is 2.24. The lowest BCUT2D eigenvalue weighted by molar-refractivity contribution is 0.660. The number of nitrogens with one attached hydrogen (secondary N) is 1. The summed E-state index contributed by atoms with van der Waals surface area (Å²) in [5, 5.41) is 7.77. The van der Waals surface area contributed by atoms with Crippen LogP contribution in [0.1, 0.15) is 31.4 Å². The van der Waals surface area contributed by atoms with Gasteiger partial charge in [-0.25, -0.2) is 0 Å². The second-order valence-corrected chi connectivity index (χ2v) is 4.91. The highest BCUT2D eigenvalue weighted by Gasteiger charge is 2.05. The van der Waals surface area contributed by atoms with Crippen LogP contribution in [0.15, 0.2) is 30.6 Å². The molecule has 0 amide bonds. The molecule has 1 aromatic carbocycles. The van der Waals surface area contributed by atoms with E-state index in [4.69, 9.17) is 0 Å². The zero-order chi connectivity index (χ0) is 13.7. The van der Waals surface area contributed by atoms with Crippen molar-refractivity contribution in [3.63, 3.8) is 0 Å². The van der Waals surface area contributed by atoms with Crippen molar-refractivity contribution in [3.05, 3.63) is 41.7 Å². The number of hydrogen-bond acceptors (Lipinski definition) is 2. The molecule has 0 saturated carbocycles. The molecular formula is C16H23N3. The van der Waals surface area contributed by atoms with Crippen LogP contribution in [-0.4, -0.2) is 16.3 Å². The van der Waals surface area contributed by atoms with Crippen molar-refractivity contribution in [2.45, 2.75) is 40.3 Å². The summed E-state index contributed by atoms with van der Waals surface area (Å²) in [5.74, 6) is 0. The summed E-state index contributed by atoms with van der Waals surface area (Å²) >= 11 is 0. The Morgan fingerprint density at radius 3 is 2.74 bits per heavy atom. The van der Waals surface area contributed by atoms with Crippen molar-refractivity contribution in [2.24, 2.45) is 0 Å². The van der Waals surface area contributed by atoms with Gasteiger partial charge in [-0.1, -0.05) is 25.1 Å². The Morgan fingerprint density at radius 2 is 2.11 bits per heavy atom. The van der Waals surface area contributed by atoms with Crippen LogP contribution in [-0.2, 0) is 13.1 Å². The second kappa shape index (κ2) is 6.53. The molecule has 3 nitrogen and oxygen atoms in total. The Balaban J connectivity index is 2.14. The SMILES string of the molecule is CCCNCc1ccc(-c2cnn(CC)c2)c(C)c1. The van der Waals surface area contributed by atoms with E-state index < -0.39 is 0 Å². The van der Waals surface area contributed by atoms with E-state index in [0.29, 0.717) is 0 Å². The number of aromatic nitrogens is 2. The van der Waals surface area contributed by atoms with Crippen LogP contribution in [0, 0.1) is 6.92 Å². The maximum atomic E-state index is 4.34. The topological polar surface area (TPSA) is 29.9 Å². The van der Waals surface area contributed by atoms with Gasteiger partial charge in [0.05, 0.1) is 6.20 Å². The van der Waals surface area contributed by atoms with Crippen LogP contribution in [0.4, 0.5) is 0 Å². The summed E-state index contributed by atoms with van der Waals surface area (Å²) in [6.45, 7) is 9.39. The molecule has 0 radical (unpaired) electrons. The largest absolute Gasteiger partial charge is 0.313 e. The third-order valence-electron chi connectivity index (χ3n) is 3.31. The average Bonchev–Trinajstić information content (AvgIpc) is 2.88. The summed E-state index contributed by atoms with van der Waals surface area (Å²) in [6.07, 6.45) is 5.23. The molecular weight excluding hydrogens is 234 g/mol. The predicted octanol–water partition coefficient (Wildman–Crippen LogP) is 3.38. The summed E-state index contributed by atoms with van der Waals surface area (Å²) < 4.78 is 1.96. The second-order valence-electron chi connectivity index (χ2n) is 4.91. The molecule has 0 spiro atoms. The summed E-state index contributed by atoms with van der Waals surface area (Å²) in [6, 6.07) is 6.67. The lowest BCUT2D eigenvalue weighted by atomic mass is 10.0. The third kappa shape index (κ3) is 3.44. The Hall–Kier alpha value is -1.61. The molecule has 1 N–H and O–H groups in total. The minimum atomic E-state index is 0.915. The van der Waals surface area contributed by atoms with E-state index in [1.807, 2.05) is 10.9 Å². The molecule has 2 aromatic rings. The lowest BCUT2D eigenvalue weighted by Gasteiger charge is -2.08. The molecule has 0 atom stereocenters. The highest BCUT2D eigenvalue weighted by Crippen LogP contribution is 2.23.